The van der Waals surface area contributed by atoms with Gasteiger partial charge < -0.3 is 9.16 Å². The summed E-state index contributed by atoms with van der Waals surface area (Å²) in [4.78, 5) is 0. The first-order valence-corrected chi connectivity index (χ1v) is 15.1. The van der Waals surface area contributed by atoms with Gasteiger partial charge in [-0.3, -0.25) is 0 Å². The standard InChI is InChI=1S/C29H38Cl2O2Si/c1-20(2)34(21(3)4,22(5)6)33-28-16-25(32-7)19-29(28,17-23-12-8-10-14-26(23)30)18-24-13-9-11-15-27(24)31/h8-16,19-22H,17-18H2,1-7H3. The Morgan fingerprint density at radius 1 is 0.765 bits per heavy atom. The SMILES string of the molecule is COC1=CC(Cc2ccccc2Cl)(Cc2ccccc2Cl)C(O[Si](C(C)C)(C(C)C)C(C)C)=C1. The Balaban J connectivity index is 2.18. The molecule has 0 unspecified atom stereocenters. The topological polar surface area (TPSA) is 18.5 Å². The van der Waals surface area contributed by atoms with E-state index in [1.54, 1.807) is 7.11 Å². The highest BCUT2D eigenvalue weighted by Gasteiger charge is 2.51. The second-order valence-electron chi connectivity index (χ2n) is 10.4. The number of rotatable bonds is 10. The molecule has 0 radical (unpaired) electrons. The monoisotopic (exact) mass is 516 g/mol. The lowest BCUT2D eigenvalue weighted by molar-refractivity contribution is 0.260. The van der Waals surface area contributed by atoms with E-state index in [9.17, 15) is 0 Å². The number of allylic oxidation sites excluding steroid dienone is 2. The quantitative estimate of drug-likeness (QED) is 0.292. The van der Waals surface area contributed by atoms with Gasteiger partial charge >= 0.3 is 0 Å². The molecule has 0 spiro atoms. The minimum absolute atomic E-state index is 0.446. The summed E-state index contributed by atoms with van der Waals surface area (Å²) in [6.45, 7) is 13.9. The van der Waals surface area contributed by atoms with Gasteiger partial charge in [-0.15, -0.1) is 0 Å². The highest BCUT2D eigenvalue weighted by atomic mass is 35.5. The molecule has 0 aliphatic heterocycles. The maximum Gasteiger partial charge on any atom is 0.258 e. The minimum Gasteiger partial charge on any atom is -0.545 e. The first kappa shape index (κ1) is 26.9. The number of hydrogen-bond donors (Lipinski definition) is 0. The molecule has 1 aliphatic rings. The van der Waals surface area contributed by atoms with E-state index in [1.807, 2.05) is 36.4 Å². The van der Waals surface area contributed by atoms with E-state index in [0.29, 0.717) is 29.5 Å². The van der Waals surface area contributed by atoms with Crippen molar-refractivity contribution in [3.05, 3.63) is 93.4 Å². The Labute approximate surface area is 217 Å². The average Bonchev–Trinajstić information content (AvgIpc) is 3.11. The van der Waals surface area contributed by atoms with Crippen molar-refractivity contribution in [2.24, 2.45) is 5.41 Å². The predicted molar refractivity (Wildman–Crippen MR) is 148 cm³/mol. The molecule has 2 aromatic carbocycles. The summed E-state index contributed by atoms with van der Waals surface area (Å²) in [6, 6.07) is 16.1. The van der Waals surface area contributed by atoms with Crippen molar-refractivity contribution >= 4 is 31.5 Å². The van der Waals surface area contributed by atoms with Crippen LogP contribution in [-0.2, 0) is 22.0 Å². The number of benzene rings is 2. The average molecular weight is 518 g/mol. The summed E-state index contributed by atoms with van der Waals surface area (Å²) in [5.74, 6) is 1.81. The molecule has 0 bridgehead atoms. The van der Waals surface area contributed by atoms with Gasteiger partial charge in [0.25, 0.3) is 8.32 Å². The summed E-state index contributed by atoms with van der Waals surface area (Å²) in [7, 11) is -0.487. The molecular weight excluding hydrogens is 479 g/mol. The largest absolute Gasteiger partial charge is 0.545 e. The van der Waals surface area contributed by atoms with Crippen LogP contribution in [0.1, 0.15) is 52.7 Å². The molecule has 1 aliphatic carbocycles. The molecule has 0 aromatic heterocycles. The molecule has 0 atom stereocenters. The smallest absolute Gasteiger partial charge is 0.258 e. The normalized spacial score (nSPS) is 15.6. The number of hydrogen-bond acceptors (Lipinski definition) is 2. The van der Waals surface area contributed by atoms with Crippen molar-refractivity contribution < 1.29 is 9.16 Å². The zero-order valence-electron chi connectivity index (χ0n) is 21.5. The molecule has 34 heavy (non-hydrogen) atoms. The molecule has 3 rings (SSSR count). The number of halogens is 2. The van der Waals surface area contributed by atoms with Crippen molar-refractivity contribution in [1.29, 1.82) is 0 Å². The van der Waals surface area contributed by atoms with Crippen LogP contribution in [0.3, 0.4) is 0 Å². The van der Waals surface area contributed by atoms with Crippen LogP contribution >= 0.6 is 23.2 Å². The van der Waals surface area contributed by atoms with E-state index in [-0.39, 0.29) is 0 Å². The zero-order chi connectivity index (χ0) is 25.1. The van der Waals surface area contributed by atoms with E-state index >= 15 is 0 Å². The highest BCUT2D eigenvalue weighted by molar-refractivity contribution is 6.77. The van der Waals surface area contributed by atoms with E-state index in [1.165, 1.54) is 0 Å². The maximum absolute atomic E-state index is 7.34. The fourth-order valence-electron chi connectivity index (χ4n) is 5.75. The van der Waals surface area contributed by atoms with Gasteiger partial charge in [0, 0.05) is 16.1 Å². The van der Waals surface area contributed by atoms with E-state index in [2.05, 4.69) is 65.8 Å². The van der Waals surface area contributed by atoms with Gasteiger partial charge in [0.1, 0.15) is 5.76 Å². The van der Waals surface area contributed by atoms with Crippen LogP contribution in [0.25, 0.3) is 0 Å². The molecule has 0 amide bonds. The van der Waals surface area contributed by atoms with Gasteiger partial charge in [-0.2, -0.15) is 0 Å². The molecule has 0 fully saturated rings. The van der Waals surface area contributed by atoms with Gasteiger partial charge in [0.15, 0.2) is 0 Å². The summed E-state index contributed by atoms with van der Waals surface area (Å²) in [5.41, 5.74) is 3.10. The molecule has 0 heterocycles. The summed E-state index contributed by atoms with van der Waals surface area (Å²) in [6.07, 6.45) is 5.72. The molecule has 2 nitrogen and oxygen atoms in total. The van der Waals surface area contributed by atoms with Gasteiger partial charge in [-0.1, -0.05) is 101 Å². The van der Waals surface area contributed by atoms with Crippen LogP contribution < -0.4 is 0 Å². The second kappa shape index (κ2) is 10.9. The third-order valence-corrected chi connectivity index (χ3v) is 14.1. The summed E-state index contributed by atoms with van der Waals surface area (Å²) in [5, 5.41) is 1.53. The zero-order valence-corrected chi connectivity index (χ0v) is 24.0. The summed E-state index contributed by atoms with van der Waals surface area (Å²) < 4.78 is 13.1. The van der Waals surface area contributed by atoms with Gasteiger partial charge in [0.2, 0.25) is 0 Å². The Kier molecular flexibility index (Phi) is 8.65. The molecule has 0 N–H and O–H groups in total. The first-order valence-electron chi connectivity index (χ1n) is 12.2. The first-order chi connectivity index (χ1) is 16.1. The minimum atomic E-state index is -2.21. The Morgan fingerprint density at radius 3 is 1.59 bits per heavy atom. The van der Waals surface area contributed by atoms with Crippen molar-refractivity contribution in [3.8, 4) is 0 Å². The molecule has 5 heteroatoms. The van der Waals surface area contributed by atoms with Crippen LogP contribution in [0.15, 0.2) is 72.2 Å². The fraction of sp³-hybridized carbons (Fsp3) is 0.448. The third kappa shape index (κ3) is 5.27. The van der Waals surface area contributed by atoms with Crippen LogP contribution in [-0.4, -0.2) is 15.4 Å². The van der Waals surface area contributed by atoms with E-state index in [4.69, 9.17) is 32.4 Å². The van der Waals surface area contributed by atoms with Crippen molar-refractivity contribution in [2.45, 2.75) is 71.0 Å². The number of ether oxygens (including phenoxy) is 1. The van der Waals surface area contributed by atoms with Crippen molar-refractivity contribution in [2.75, 3.05) is 7.11 Å². The number of methoxy groups -OCH3 is 1. The van der Waals surface area contributed by atoms with Crippen molar-refractivity contribution in [1.82, 2.24) is 0 Å². The molecule has 184 valence electrons. The Hall–Kier alpha value is -1.68. The van der Waals surface area contributed by atoms with Crippen molar-refractivity contribution in [3.63, 3.8) is 0 Å². The lowest BCUT2D eigenvalue weighted by Crippen LogP contribution is -2.49. The van der Waals surface area contributed by atoms with Crippen LogP contribution in [0.5, 0.6) is 0 Å². The van der Waals surface area contributed by atoms with E-state index < -0.39 is 13.7 Å². The fourth-order valence-corrected chi connectivity index (χ4v) is 11.5. The molecule has 0 saturated carbocycles. The molecule has 2 aromatic rings. The molecular formula is C29H38Cl2O2Si. The Bertz CT molecular complexity index is 986. The predicted octanol–water partition coefficient (Wildman–Crippen LogP) is 9.38. The second-order valence-corrected chi connectivity index (χ2v) is 16.6. The van der Waals surface area contributed by atoms with Gasteiger partial charge in [0.05, 0.1) is 18.3 Å². The lowest BCUT2D eigenvalue weighted by Gasteiger charge is -2.45. The maximum atomic E-state index is 7.34. The highest BCUT2D eigenvalue weighted by Crippen LogP contribution is 2.51. The lowest BCUT2D eigenvalue weighted by atomic mass is 9.76. The van der Waals surface area contributed by atoms with Crippen LogP contribution in [0.2, 0.25) is 26.7 Å². The van der Waals surface area contributed by atoms with Crippen LogP contribution in [0.4, 0.5) is 0 Å². The third-order valence-electron chi connectivity index (χ3n) is 7.34. The summed E-state index contributed by atoms with van der Waals surface area (Å²) >= 11 is 13.3. The molecule has 0 saturated heterocycles. The van der Waals surface area contributed by atoms with Gasteiger partial charge in [-0.05, 0) is 58.8 Å². The van der Waals surface area contributed by atoms with Gasteiger partial charge in [-0.25, -0.2) is 0 Å². The van der Waals surface area contributed by atoms with E-state index in [0.717, 1.165) is 32.7 Å². The van der Waals surface area contributed by atoms with Crippen LogP contribution in [0, 0.1) is 5.41 Å². The Morgan fingerprint density at radius 2 is 1.21 bits per heavy atom.